The molecule has 3 N–H and O–H groups in total. The van der Waals surface area contributed by atoms with Crippen LogP contribution in [-0.4, -0.2) is 39.2 Å². The van der Waals surface area contributed by atoms with Crippen molar-refractivity contribution in [3.8, 4) is 0 Å². The summed E-state index contributed by atoms with van der Waals surface area (Å²) >= 11 is 3.48. The minimum atomic E-state index is -0.481. The van der Waals surface area contributed by atoms with Crippen molar-refractivity contribution in [1.29, 1.82) is 0 Å². The SMILES string of the molecule is CC(C)(C)OC(=O)N1[C@@H]2C[C@@H]2CC12CC2N/C=C(\N)c1ccc2cc(Br)ccc2n1. The van der Waals surface area contributed by atoms with Crippen LogP contribution >= 0.6 is 15.9 Å². The molecular formula is C23H27BrN4O2. The van der Waals surface area contributed by atoms with Crippen molar-refractivity contribution >= 4 is 38.6 Å². The summed E-state index contributed by atoms with van der Waals surface area (Å²) in [5.41, 5.74) is 7.94. The van der Waals surface area contributed by atoms with Gasteiger partial charge >= 0.3 is 6.09 Å². The van der Waals surface area contributed by atoms with Crippen molar-refractivity contribution in [2.45, 2.75) is 63.3 Å². The number of amides is 1. The standard InChI is InChI=1S/C23H27BrN4O2/c1-22(2,3)30-21(29)28-19-9-14(19)10-23(28)11-20(23)26-12-16(25)18-6-4-13-8-15(24)5-7-17(13)27-18/h4-8,12,14,19-20,26H,9-11,25H2,1-3H3/b16-12-/t14-,19-,20?,23?/m1/s1. The molecule has 7 heteroatoms. The number of hydrogen-bond donors (Lipinski definition) is 2. The fourth-order valence-electron chi connectivity index (χ4n) is 4.80. The molecule has 2 heterocycles. The fourth-order valence-corrected chi connectivity index (χ4v) is 5.18. The van der Waals surface area contributed by atoms with Crippen LogP contribution in [0.2, 0.25) is 0 Å². The number of pyridine rings is 1. The van der Waals surface area contributed by atoms with Crippen molar-refractivity contribution < 1.29 is 9.53 Å². The van der Waals surface area contributed by atoms with Gasteiger partial charge in [-0.15, -0.1) is 0 Å². The lowest BCUT2D eigenvalue weighted by molar-refractivity contribution is 0.0148. The van der Waals surface area contributed by atoms with Gasteiger partial charge in [-0.25, -0.2) is 9.78 Å². The van der Waals surface area contributed by atoms with Gasteiger partial charge < -0.3 is 15.8 Å². The predicted octanol–water partition coefficient (Wildman–Crippen LogP) is 4.38. The van der Waals surface area contributed by atoms with Gasteiger partial charge in [-0.05, 0) is 70.2 Å². The number of ether oxygens (including phenoxy) is 1. The Hall–Kier alpha value is -2.28. The number of hydrogen-bond acceptors (Lipinski definition) is 5. The van der Waals surface area contributed by atoms with E-state index in [1.54, 1.807) is 0 Å². The lowest BCUT2D eigenvalue weighted by Crippen LogP contribution is -2.46. The zero-order valence-corrected chi connectivity index (χ0v) is 19.1. The van der Waals surface area contributed by atoms with E-state index in [4.69, 9.17) is 10.5 Å². The monoisotopic (exact) mass is 470 g/mol. The lowest BCUT2D eigenvalue weighted by atomic mass is 10.1. The molecule has 1 aliphatic heterocycles. The summed E-state index contributed by atoms with van der Waals surface area (Å²) in [6.07, 6.45) is 4.73. The number of nitrogens with one attached hydrogen (secondary N) is 1. The Labute approximate surface area is 185 Å². The van der Waals surface area contributed by atoms with E-state index in [1.807, 2.05) is 62.2 Å². The van der Waals surface area contributed by atoms with E-state index >= 15 is 0 Å². The van der Waals surface area contributed by atoms with Gasteiger partial charge in [0.2, 0.25) is 0 Å². The number of nitrogens with zero attached hydrogens (tertiary/aromatic N) is 2. The van der Waals surface area contributed by atoms with Gasteiger partial charge in [-0.2, -0.15) is 0 Å². The quantitative estimate of drug-likeness (QED) is 0.695. The molecule has 158 valence electrons. The molecule has 1 aromatic heterocycles. The van der Waals surface area contributed by atoms with Gasteiger partial charge in [-0.3, -0.25) is 4.90 Å². The first-order valence-corrected chi connectivity index (χ1v) is 11.3. The number of piperidine rings is 1. The predicted molar refractivity (Wildman–Crippen MR) is 120 cm³/mol. The largest absolute Gasteiger partial charge is 0.444 e. The second kappa shape index (κ2) is 6.61. The highest BCUT2D eigenvalue weighted by atomic mass is 79.9. The van der Waals surface area contributed by atoms with Crippen molar-refractivity contribution in [1.82, 2.24) is 15.2 Å². The molecule has 1 saturated heterocycles. The van der Waals surface area contributed by atoms with Crippen LogP contribution in [0.5, 0.6) is 0 Å². The topological polar surface area (TPSA) is 80.5 Å². The summed E-state index contributed by atoms with van der Waals surface area (Å²) in [5, 5.41) is 4.51. The molecule has 2 unspecified atom stereocenters. The number of carbonyl (C=O) groups excluding carboxylic acids is 1. The van der Waals surface area contributed by atoms with Crippen LogP contribution in [-0.2, 0) is 4.74 Å². The summed E-state index contributed by atoms with van der Waals surface area (Å²) in [5.74, 6) is 0.618. The smallest absolute Gasteiger partial charge is 0.411 e. The first-order chi connectivity index (χ1) is 14.2. The number of likely N-dealkylation sites (tertiary alicyclic amines) is 1. The van der Waals surface area contributed by atoms with Crippen LogP contribution in [0.15, 0.2) is 41.0 Å². The number of halogens is 1. The number of nitrogens with two attached hydrogens (primary N) is 1. The van der Waals surface area contributed by atoms with Crippen LogP contribution < -0.4 is 11.1 Å². The minimum Gasteiger partial charge on any atom is -0.444 e. The first-order valence-electron chi connectivity index (χ1n) is 10.5. The average Bonchev–Trinajstić information content (AvgIpc) is 3.54. The number of benzene rings is 1. The average molecular weight is 471 g/mol. The molecule has 2 aromatic rings. The molecule has 0 radical (unpaired) electrons. The maximum Gasteiger partial charge on any atom is 0.411 e. The van der Waals surface area contributed by atoms with E-state index in [1.165, 1.54) is 0 Å². The molecule has 2 aliphatic carbocycles. The molecule has 1 aromatic carbocycles. The summed E-state index contributed by atoms with van der Waals surface area (Å²) in [7, 11) is 0. The Balaban J connectivity index is 1.30. The maximum absolute atomic E-state index is 12.8. The van der Waals surface area contributed by atoms with Gasteiger partial charge in [-0.1, -0.05) is 22.0 Å². The molecule has 1 amide bonds. The Morgan fingerprint density at radius 2 is 2.13 bits per heavy atom. The fraction of sp³-hybridized carbons (Fsp3) is 0.478. The highest BCUT2D eigenvalue weighted by Crippen LogP contribution is 2.62. The molecule has 5 rings (SSSR count). The third-order valence-electron chi connectivity index (χ3n) is 6.34. The van der Waals surface area contributed by atoms with Crippen LogP contribution in [0.25, 0.3) is 16.6 Å². The molecule has 0 bridgehead atoms. The summed E-state index contributed by atoms with van der Waals surface area (Å²) in [6.45, 7) is 5.75. The van der Waals surface area contributed by atoms with Gasteiger partial charge in [0.05, 0.1) is 28.5 Å². The first kappa shape index (κ1) is 19.7. The Morgan fingerprint density at radius 3 is 2.90 bits per heavy atom. The Morgan fingerprint density at radius 1 is 1.33 bits per heavy atom. The number of aromatic nitrogens is 1. The van der Waals surface area contributed by atoms with E-state index in [0.29, 0.717) is 17.7 Å². The van der Waals surface area contributed by atoms with Crippen LogP contribution in [0, 0.1) is 5.92 Å². The summed E-state index contributed by atoms with van der Waals surface area (Å²) in [6, 6.07) is 10.5. The van der Waals surface area contributed by atoms with Crippen LogP contribution in [0.1, 0.15) is 45.7 Å². The summed E-state index contributed by atoms with van der Waals surface area (Å²) in [4.78, 5) is 19.5. The molecule has 3 fully saturated rings. The third kappa shape index (κ3) is 3.43. The second-order valence-corrected chi connectivity index (χ2v) is 10.7. The minimum absolute atomic E-state index is 0.129. The molecule has 3 aliphatic rings. The van der Waals surface area contributed by atoms with E-state index in [9.17, 15) is 4.79 Å². The molecule has 6 nitrogen and oxygen atoms in total. The lowest BCUT2D eigenvalue weighted by Gasteiger charge is -2.31. The van der Waals surface area contributed by atoms with Crippen molar-refractivity contribution in [2.75, 3.05) is 0 Å². The third-order valence-corrected chi connectivity index (χ3v) is 6.83. The van der Waals surface area contributed by atoms with E-state index in [0.717, 1.165) is 40.3 Å². The van der Waals surface area contributed by atoms with Crippen molar-refractivity contribution in [2.24, 2.45) is 11.7 Å². The second-order valence-electron chi connectivity index (χ2n) is 9.78. The highest BCUT2D eigenvalue weighted by molar-refractivity contribution is 9.10. The van der Waals surface area contributed by atoms with Crippen LogP contribution in [0.4, 0.5) is 4.79 Å². The number of rotatable bonds is 3. The Kier molecular flexibility index (Phi) is 4.33. The van der Waals surface area contributed by atoms with E-state index in [2.05, 4.69) is 26.2 Å². The van der Waals surface area contributed by atoms with Crippen LogP contribution in [0.3, 0.4) is 0 Å². The van der Waals surface area contributed by atoms with E-state index in [-0.39, 0.29) is 17.7 Å². The molecule has 30 heavy (non-hydrogen) atoms. The normalized spacial score (nSPS) is 29.8. The van der Waals surface area contributed by atoms with Gasteiger partial charge in [0.25, 0.3) is 0 Å². The highest BCUT2D eigenvalue weighted by Gasteiger charge is 2.72. The number of carbonyl (C=O) groups is 1. The molecule has 1 spiro atoms. The van der Waals surface area contributed by atoms with Gasteiger partial charge in [0.1, 0.15) is 5.60 Å². The number of fused-ring (bicyclic) bond motifs is 2. The molecule has 2 saturated carbocycles. The van der Waals surface area contributed by atoms with Gasteiger partial charge in [0, 0.05) is 22.1 Å². The van der Waals surface area contributed by atoms with Crippen molar-refractivity contribution in [3.05, 3.63) is 46.7 Å². The maximum atomic E-state index is 12.8. The zero-order valence-electron chi connectivity index (χ0n) is 17.5. The Bertz CT molecular complexity index is 1060. The zero-order chi connectivity index (χ0) is 21.3. The molecule has 4 atom stereocenters. The molecular weight excluding hydrogens is 444 g/mol. The summed E-state index contributed by atoms with van der Waals surface area (Å²) < 4.78 is 6.72. The van der Waals surface area contributed by atoms with Gasteiger partial charge in [0.15, 0.2) is 0 Å². The van der Waals surface area contributed by atoms with Crippen molar-refractivity contribution in [3.63, 3.8) is 0 Å². The van der Waals surface area contributed by atoms with E-state index < -0.39 is 5.60 Å².